The van der Waals surface area contributed by atoms with E-state index >= 15 is 0 Å². The van der Waals surface area contributed by atoms with E-state index in [0.29, 0.717) is 0 Å². The first-order valence-corrected chi connectivity index (χ1v) is 8.74. The summed E-state index contributed by atoms with van der Waals surface area (Å²) < 4.78 is 37.0. The van der Waals surface area contributed by atoms with Gasteiger partial charge >= 0.3 is 5.69 Å². The molecule has 0 fully saturated rings. The molecule has 2 aromatic carbocycles. The van der Waals surface area contributed by atoms with Gasteiger partial charge in [-0.2, -0.15) is 0 Å². The Balaban J connectivity index is 2.31. The highest BCUT2D eigenvalue weighted by Gasteiger charge is 2.26. The molecule has 128 valence electrons. The van der Waals surface area contributed by atoms with Gasteiger partial charge in [-0.05, 0) is 18.2 Å². The lowest BCUT2D eigenvalue weighted by Crippen LogP contribution is -2.15. The van der Waals surface area contributed by atoms with Gasteiger partial charge in [-0.3, -0.25) is 10.1 Å². The maximum absolute atomic E-state index is 13.6. The predicted octanol–water partition coefficient (Wildman–Crippen LogP) is 2.28. The number of sulfone groups is 1. The van der Waals surface area contributed by atoms with Crippen LogP contribution in [0.3, 0.4) is 0 Å². The lowest BCUT2D eigenvalue weighted by Gasteiger charge is -2.14. The van der Waals surface area contributed by atoms with Crippen molar-refractivity contribution in [1.82, 2.24) is 0 Å². The quantitative estimate of drug-likeness (QED) is 0.608. The van der Waals surface area contributed by atoms with Crippen LogP contribution in [0.15, 0.2) is 47.4 Å². The molecule has 1 unspecified atom stereocenters. The number of hydrogen-bond acceptors (Lipinski definition) is 6. The molecule has 2 rings (SSSR count). The van der Waals surface area contributed by atoms with Gasteiger partial charge in [0.15, 0.2) is 9.84 Å². The van der Waals surface area contributed by atoms with E-state index in [-0.39, 0.29) is 17.8 Å². The van der Waals surface area contributed by atoms with Crippen LogP contribution in [0.1, 0.15) is 11.7 Å². The Morgan fingerprint density at radius 3 is 2.50 bits per heavy atom. The number of nitro groups is 1. The van der Waals surface area contributed by atoms with Crippen molar-refractivity contribution in [2.75, 3.05) is 18.1 Å². The Kier molecular flexibility index (Phi) is 5.15. The summed E-state index contributed by atoms with van der Waals surface area (Å²) >= 11 is 0. The Morgan fingerprint density at radius 1 is 1.25 bits per heavy atom. The monoisotopic (exact) mass is 354 g/mol. The van der Waals surface area contributed by atoms with Crippen LogP contribution in [-0.4, -0.2) is 31.2 Å². The first-order chi connectivity index (χ1) is 11.2. The molecule has 1 atom stereocenters. The van der Waals surface area contributed by atoms with E-state index in [9.17, 15) is 28.0 Å². The Labute approximate surface area is 137 Å². The molecule has 9 heteroatoms. The van der Waals surface area contributed by atoms with Gasteiger partial charge < -0.3 is 10.4 Å². The number of hydrogen-bond donors (Lipinski definition) is 2. The van der Waals surface area contributed by atoms with Crippen LogP contribution in [0, 0.1) is 15.9 Å². The fourth-order valence-corrected chi connectivity index (χ4v) is 3.08. The summed E-state index contributed by atoms with van der Waals surface area (Å²) in [5.74, 6) is -0.605. The second-order valence-electron chi connectivity index (χ2n) is 5.10. The van der Waals surface area contributed by atoms with Crippen molar-refractivity contribution in [3.8, 4) is 0 Å². The number of aliphatic hydroxyl groups excluding tert-OH is 1. The standard InChI is InChI=1S/C15H15FN2O5S/c1-24(22,23)14-8-4-7-12(15(14)18(20)21)17-9-13(19)10-5-2-3-6-11(10)16/h2-8,13,17,19H,9H2,1H3. The molecule has 0 aliphatic heterocycles. The minimum Gasteiger partial charge on any atom is -0.386 e. The minimum atomic E-state index is -3.80. The van der Waals surface area contributed by atoms with E-state index in [0.717, 1.165) is 12.3 Å². The Hall–Kier alpha value is -2.52. The van der Waals surface area contributed by atoms with Crippen LogP contribution >= 0.6 is 0 Å². The van der Waals surface area contributed by atoms with Gasteiger partial charge in [0.2, 0.25) is 0 Å². The van der Waals surface area contributed by atoms with Crippen LogP contribution in [0.4, 0.5) is 15.8 Å². The lowest BCUT2D eigenvalue weighted by molar-refractivity contribution is -0.386. The molecule has 0 heterocycles. The second kappa shape index (κ2) is 6.93. The zero-order chi connectivity index (χ0) is 17.9. The van der Waals surface area contributed by atoms with E-state index in [1.165, 1.54) is 30.3 Å². The summed E-state index contributed by atoms with van der Waals surface area (Å²) in [5, 5.41) is 23.9. The number of benzene rings is 2. The van der Waals surface area contributed by atoms with Crippen LogP contribution in [0.2, 0.25) is 0 Å². The molecule has 0 saturated heterocycles. The largest absolute Gasteiger partial charge is 0.386 e. The molecule has 0 amide bonds. The number of anilines is 1. The SMILES string of the molecule is CS(=O)(=O)c1cccc(NCC(O)c2ccccc2F)c1[N+](=O)[O-]. The smallest absolute Gasteiger partial charge is 0.310 e. The average Bonchev–Trinajstić information content (AvgIpc) is 2.51. The van der Waals surface area contributed by atoms with Gasteiger partial charge in [0, 0.05) is 18.4 Å². The van der Waals surface area contributed by atoms with Crippen LogP contribution in [-0.2, 0) is 9.84 Å². The van der Waals surface area contributed by atoms with Crippen molar-refractivity contribution in [2.45, 2.75) is 11.0 Å². The first-order valence-electron chi connectivity index (χ1n) is 6.85. The number of nitrogens with one attached hydrogen (secondary N) is 1. The predicted molar refractivity (Wildman–Crippen MR) is 86.1 cm³/mol. The van der Waals surface area contributed by atoms with Gasteiger partial charge in [-0.15, -0.1) is 0 Å². The van der Waals surface area contributed by atoms with E-state index < -0.39 is 37.3 Å². The maximum Gasteiger partial charge on any atom is 0.310 e. The van der Waals surface area contributed by atoms with E-state index in [1.807, 2.05) is 0 Å². The topological polar surface area (TPSA) is 110 Å². The van der Waals surface area contributed by atoms with Crippen molar-refractivity contribution in [3.05, 3.63) is 64.0 Å². The molecule has 0 saturated carbocycles. The maximum atomic E-state index is 13.6. The molecule has 0 spiro atoms. The molecule has 0 aromatic heterocycles. The minimum absolute atomic E-state index is 0.0342. The van der Waals surface area contributed by atoms with Gasteiger partial charge in [-0.25, -0.2) is 12.8 Å². The summed E-state index contributed by atoms with van der Waals surface area (Å²) in [5.41, 5.74) is -0.647. The van der Waals surface area contributed by atoms with Gasteiger partial charge in [-0.1, -0.05) is 24.3 Å². The molecular formula is C15H15FN2O5S. The number of aliphatic hydroxyl groups is 1. The summed E-state index contributed by atoms with van der Waals surface area (Å²) in [6.07, 6.45) is -0.388. The van der Waals surface area contributed by atoms with Crippen molar-refractivity contribution < 1.29 is 22.8 Å². The molecule has 2 N–H and O–H groups in total. The molecular weight excluding hydrogens is 339 g/mol. The Morgan fingerprint density at radius 2 is 1.92 bits per heavy atom. The Bertz CT molecular complexity index is 870. The van der Waals surface area contributed by atoms with Crippen molar-refractivity contribution in [1.29, 1.82) is 0 Å². The summed E-state index contributed by atoms with van der Waals surface area (Å²) in [6.45, 7) is -0.227. The highest BCUT2D eigenvalue weighted by atomic mass is 32.2. The normalized spacial score (nSPS) is 12.6. The molecule has 0 aliphatic carbocycles. The fourth-order valence-electron chi connectivity index (χ4n) is 2.21. The number of rotatable bonds is 6. The third-order valence-electron chi connectivity index (χ3n) is 3.33. The van der Waals surface area contributed by atoms with Crippen LogP contribution in [0.5, 0.6) is 0 Å². The highest BCUT2D eigenvalue weighted by Crippen LogP contribution is 2.32. The van der Waals surface area contributed by atoms with Crippen LogP contribution < -0.4 is 5.32 Å². The second-order valence-corrected chi connectivity index (χ2v) is 7.08. The first kappa shape index (κ1) is 17.8. The zero-order valence-corrected chi connectivity index (χ0v) is 13.5. The summed E-state index contributed by atoms with van der Waals surface area (Å²) in [4.78, 5) is 9.99. The van der Waals surface area contributed by atoms with Gasteiger partial charge in [0.25, 0.3) is 0 Å². The molecule has 0 aliphatic rings. The number of nitrogens with zero attached hydrogens (tertiary/aromatic N) is 1. The average molecular weight is 354 g/mol. The number of halogens is 1. The van der Waals surface area contributed by atoms with Gasteiger partial charge in [0.1, 0.15) is 16.4 Å². The van der Waals surface area contributed by atoms with Crippen molar-refractivity contribution >= 4 is 21.2 Å². The lowest BCUT2D eigenvalue weighted by atomic mass is 10.1. The molecule has 7 nitrogen and oxygen atoms in total. The van der Waals surface area contributed by atoms with Crippen molar-refractivity contribution in [3.63, 3.8) is 0 Å². The summed E-state index contributed by atoms with van der Waals surface area (Å²) in [7, 11) is -3.80. The fraction of sp³-hybridized carbons (Fsp3) is 0.200. The van der Waals surface area contributed by atoms with Crippen LogP contribution in [0.25, 0.3) is 0 Å². The van der Waals surface area contributed by atoms with E-state index in [4.69, 9.17) is 0 Å². The molecule has 2 aromatic rings. The molecule has 24 heavy (non-hydrogen) atoms. The number of nitro benzene ring substituents is 1. The third kappa shape index (κ3) is 3.87. The highest BCUT2D eigenvalue weighted by molar-refractivity contribution is 7.90. The summed E-state index contributed by atoms with van der Waals surface area (Å²) in [6, 6.07) is 9.40. The van der Waals surface area contributed by atoms with E-state index in [1.54, 1.807) is 6.07 Å². The molecule has 0 bridgehead atoms. The zero-order valence-electron chi connectivity index (χ0n) is 12.6. The molecule has 0 radical (unpaired) electrons. The number of para-hydroxylation sites is 1. The van der Waals surface area contributed by atoms with Crippen molar-refractivity contribution in [2.24, 2.45) is 0 Å². The van der Waals surface area contributed by atoms with Gasteiger partial charge in [0.05, 0.1) is 11.0 Å². The third-order valence-corrected chi connectivity index (χ3v) is 4.46. The van der Waals surface area contributed by atoms with E-state index in [2.05, 4.69) is 5.32 Å².